The Balaban J connectivity index is 2.06. The Hall–Kier alpha value is -1.13. The van der Waals surface area contributed by atoms with Gasteiger partial charge in [-0.15, -0.1) is 11.3 Å². The van der Waals surface area contributed by atoms with Gasteiger partial charge in [0, 0.05) is 29.6 Å². The second kappa shape index (κ2) is 6.35. The van der Waals surface area contributed by atoms with E-state index in [0.29, 0.717) is 6.04 Å². The van der Waals surface area contributed by atoms with E-state index in [9.17, 15) is 0 Å². The minimum Gasteiger partial charge on any atom is -0.323 e. The quantitative estimate of drug-likeness (QED) is 0.874. The molecule has 0 spiro atoms. The normalized spacial score (nSPS) is 14.5. The molecule has 0 bridgehead atoms. The number of nitrogens with two attached hydrogens (primary N) is 1. The van der Waals surface area contributed by atoms with E-state index in [-0.39, 0.29) is 6.04 Å². The summed E-state index contributed by atoms with van der Waals surface area (Å²) in [7, 11) is 0. The molecule has 0 fully saturated rings. The third-order valence-electron chi connectivity index (χ3n) is 3.63. The van der Waals surface area contributed by atoms with Crippen molar-refractivity contribution < 1.29 is 0 Å². The highest BCUT2D eigenvalue weighted by Gasteiger charge is 2.14. The smallest absolute Gasteiger partial charge is 0.0643 e. The van der Waals surface area contributed by atoms with E-state index in [1.807, 2.05) is 4.68 Å². The molecule has 2 rings (SSSR count). The van der Waals surface area contributed by atoms with E-state index in [1.54, 1.807) is 11.3 Å². The summed E-state index contributed by atoms with van der Waals surface area (Å²) < 4.78 is 2.04. The summed E-state index contributed by atoms with van der Waals surface area (Å²) in [5.41, 5.74) is 8.79. The van der Waals surface area contributed by atoms with Crippen LogP contribution >= 0.6 is 11.3 Å². The molecule has 2 heterocycles. The Morgan fingerprint density at radius 1 is 1.37 bits per heavy atom. The first-order valence-corrected chi connectivity index (χ1v) is 7.89. The van der Waals surface area contributed by atoms with Crippen LogP contribution < -0.4 is 5.73 Å². The molecule has 19 heavy (non-hydrogen) atoms. The van der Waals surface area contributed by atoms with Crippen LogP contribution in [0, 0.1) is 0 Å². The molecule has 2 unspecified atom stereocenters. The second-order valence-corrected chi connectivity index (χ2v) is 5.97. The van der Waals surface area contributed by atoms with Gasteiger partial charge in [-0.25, -0.2) is 0 Å². The van der Waals surface area contributed by atoms with Crippen molar-refractivity contribution in [3.63, 3.8) is 0 Å². The minimum atomic E-state index is 0.0650. The molecular weight excluding hydrogens is 254 g/mol. The summed E-state index contributed by atoms with van der Waals surface area (Å²) in [6, 6.07) is 4.79. The fourth-order valence-corrected chi connectivity index (χ4v) is 3.20. The Morgan fingerprint density at radius 2 is 2.16 bits per heavy atom. The topological polar surface area (TPSA) is 43.8 Å². The van der Waals surface area contributed by atoms with Crippen molar-refractivity contribution in [3.8, 4) is 0 Å². The molecule has 3 nitrogen and oxygen atoms in total. The molecule has 0 aromatic carbocycles. The summed E-state index contributed by atoms with van der Waals surface area (Å²) in [4.78, 5) is 1.31. The summed E-state index contributed by atoms with van der Waals surface area (Å²) in [5, 5.41) is 6.76. The van der Waals surface area contributed by atoms with E-state index in [2.05, 4.69) is 49.6 Å². The summed E-state index contributed by atoms with van der Waals surface area (Å²) in [6.45, 7) is 6.54. The lowest BCUT2D eigenvalue weighted by molar-refractivity contribution is 0.472. The van der Waals surface area contributed by atoms with Crippen molar-refractivity contribution in [1.29, 1.82) is 0 Å². The monoisotopic (exact) mass is 277 g/mol. The van der Waals surface area contributed by atoms with E-state index < -0.39 is 0 Å². The molecule has 2 atom stereocenters. The fourth-order valence-electron chi connectivity index (χ4n) is 2.20. The SMILES string of the molecule is CCc1ccsc1C(N)Cc1ccn(C(C)CC)n1. The van der Waals surface area contributed by atoms with Crippen LogP contribution in [0.15, 0.2) is 23.7 Å². The molecule has 2 N–H and O–H groups in total. The molecule has 0 aliphatic carbocycles. The number of thiophene rings is 1. The average Bonchev–Trinajstić information content (AvgIpc) is 3.05. The zero-order valence-corrected chi connectivity index (χ0v) is 12.8. The first-order chi connectivity index (χ1) is 9.15. The van der Waals surface area contributed by atoms with Gasteiger partial charge in [0.1, 0.15) is 0 Å². The van der Waals surface area contributed by atoms with Crippen LogP contribution in [0.2, 0.25) is 0 Å². The predicted octanol–water partition coefficient (Wildman–Crippen LogP) is 3.72. The Labute approximate surface area is 119 Å². The molecule has 0 amide bonds. The fraction of sp³-hybridized carbons (Fsp3) is 0.533. The van der Waals surface area contributed by atoms with E-state index >= 15 is 0 Å². The number of aromatic nitrogens is 2. The summed E-state index contributed by atoms with van der Waals surface area (Å²) >= 11 is 1.76. The summed E-state index contributed by atoms with van der Waals surface area (Å²) in [5.74, 6) is 0. The van der Waals surface area contributed by atoms with Gasteiger partial charge in [0.15, 0.2) is 0 Å². The molecule has 0 aliphatic rings. The van der Waals surface area contributed by atoms with Crippen molar-refractivity contribution >= 4 is 11.3 Å². The van der Waals surface area contributed by atoms with Crippen molar-refractivity contribution in [3.05, 3.63) is 39.8 Å². The van der Waals surface area contributed by atoms with Crippen LogP contribution in [0.1, 0.15) is 55.4 Å². The second-order valence-electron chi connectivity index (χ2n) is 5.02. The van der Waals surface area contributed by atoms with Crippen molar-refractivity contribution in [2.24, 2.45) is 5.73 Å². The lowest BCUT2D eigenvalue weighted by Crippen LogP contribution is -2.14. The van der Waals surface area contributed by atoms with Crippen LogP contribution in [-0.2, 0) is 12.8 Å². The van der Waals surface area contributed by atoms with E-state index in [1.165, 1.54) is 10.4 Å². The maximum Gasteiger partial charge on any atom is 0.0643 e. The first kappa shape index (κ1) is 14.3. The van der Waals surface area contributed by atoms with Crippen LogP contribution in [0.25, 0.3) is 0 Å². The van der Waals surface area contributed by atoms with Crippen molar-refractivity contribution in [2.45, 2.75) is 52.1 Å². The zero-order chi connectivity index (χ0) is 13.8. The average molecular weight is 277 g/mol. The molecule has 2 aromatic heterocycles. The van der Waals surface area contributed by atoms with Gasteiger partial charge in [-0.1, -0.05) is 13.8 Å². The van der Waals surface area contributed by atoms with Gasteiger partial charge >= 0.3 is 0 Å². The number of rotatable bonds is 6. The van der Waals surface area contributed by atoms with Gasteiger partial charge in [-0.3, -0.25) is 4.68 Å². The first-order valence-electron chi connectivity index (χ1n) is 7.01. The zero-order valence-electron chi connectivity index (χ0n) is 12.0. The highest BCUT2D eigenvalue weighted by molar-refractivity contribution is 7.10. The number of nitrogens with zero attached hydrogens (tertiary/aromatic N) is 2. The third kappa shape index (κ3) is 3.25. The highest BCUT2D eigenvalue weighted by Crippen LogP contribution is 2.25. The highest BCUT2D eigenvalue weighted by atomic mass is 32.1. The van der Waals surface area contributed by atoms with Gasteiger partial charge in [-0.05, 0) is 42.8 Å². The van der Waals surface area contributed by atoms with Gasteiger partial charge in [-0.2, -0.15) is 5.10 Å². The lowest BCUT2D eigenvalue weighted by Gasteiger charge is -2.11. The number of aryl methyl sites for hydroxylation is 1. The molecule has 4 heteroatoms. The van der Waals surface area contributed by atoms with Gasteiger partial charge in [0.05, 0.1) is 5.69 Å². The van der Waals surface area contributed by atoms with Crippen LogP contribution in [0.5, 0.6) is 0 Å². The van der Waals surface area contributed by atoms with Crippen molar-refractivity contribution in [2.75, 3.05) is 0 Å². The molecule has 0 saturated heterocycles. The Bertz CT molecular complexity index is 515. The number of hydrogen-bond acceptors (Lipinski definition) is 3. The predicted molar refractivity (Wildman–Crippen MR) is 81.6 cm³/mol. The van der Waals surface area contributed by atoms with Gasteiger partial charge in [0.2, 0.25) is 0 Å². The van der Waals surface area contributed by atoms with Crippen LogP contribution in [-0.4, -0.2) is 9.78 Å². The van der Waals surface area contributed by atoms with Crippen LogP contribution in [0.3, 0.4) is 0 Å². The Morgan fingerprint density at radius 3 is 2.84 bits per heavy atom. The minimum absolute atomic E-state index is 0.0650. The van der Waals surface area contributed by atoms with Crippen molar-refractivity contribution in [1.82, 2.24) is 9.78 Å². The van der Waals surface area contributed by atoms with Gasteiger partial charge in [0.25, 0.3) is 0 Å². The van der Waals surface area contributed by atoms with Gasteiger partial charge < -0.3 is 5.73 Å². The third-order valence-corrected chi connectivity index (χ3v) is 4.72. The standard InChI is InChI=1S/C15H23N3S/c1-4-11(3)18-8-6-13(17-18)10-14(16)15-12(5-2)7-9-19-15/h6-9,11,14H,4-5,10,16H2,1-3H3. The molecular formula is C15H23N3S. The van der Waals surface area contributed by atoms with Crippen LogP contribution in [0.4, 0.5) is 0 Å². The molecule has 2 aromatic rings. The largest absolute Gasteiger partial charge is 0.323 e. The van der Waals surface area contributed by atoms with E-state index in [0.717, 1.165) is 25.0 Å². The molecule has 0 aliphatic heterocycles. The summed E-state index contributed by atoms with van der Waals surface area (Å²) in [6.07, 6.45) is 5.02. The van der Waals surface area contributed by atoms with E-state index in [4.69, 9.17) is 5.73 Å². The molecule has 104 valence electrons. The lowest BCUT2D eigenvalue weighted by atomic mass is 10.1. The maximum absolute atomic E-state index is 6.33. The molecule has 0 radical (unpaired) electrons. The molecule has 0 saturated carbocycles. The number of hydrogen-bond donors (Lipinski definition) is 1. The Kier molecular flexibility index (Phi) is 4.77. The maximum atomic E-state index is 6.33.